The molecule has 0 radical (unpaired) electrons. The van der Waals surface area contributed by atoms with Gasteiger partial charge in [0.05, 0.1) is 11.6 Å². The van der Waals surface area contributed by atoms with E-state index in [4.69, 9.17) is 21.4 Å². The molecular formula is C12H13ClF3NO3. The van der Waals surface area contributed by atoms with Crippen LogP contribution < -0.4 is 4.74 Å². The lowest BCUT2D eigenvalue weighted by molar-refractivity contribution is -0.163. The average molecular weight is 312 g/mol. The third-order valence-electron chi connectivity index (χ3n) is 2.28. The van der Waals surface area contributed by atoms with E-state index in [1.807, 2.05) is 0 Å². The van der Waals surface area contributed by atoms with Crippen LogP contribution in [0.3, 0.4) is 0 Å². The lowest BCUT2D eigenvalue weighted by Gasteiger charge is -2.23. The Morgan fingerprint density at radius 1 is 1.35 bits per heavy atom. The van der Waals surface area contributed by atoms with Crippen LogP contribution in [0.1, 0.15) is 0 Å². The minimum absolute atomic E-state index is 0.207. The maximum atomic E-state index is 12.3. The van der Waals surface area contributed by atoms with E-state index in [1.54, 1.807) is 12.1 Å². The fourth-order valence-electron chi connectivity index (χ4n) is 1.42. The van der Waals surface area contributed by atoms with E-state index in [0.717, 1.165) is 0 Å². The molecule has 1 aromatic carbocycles. The van der Waals surface area contributed by atoms with E-state index in [0.29, 0.717) is 4.90 Å². The van der Waals surface area contributed by atoms with Crippen molar-refractivity contribution in [1.82, 2.24) is 4.90 Å². The Kier molecular flexibility index (Phi) is 6.09. The fourth-order valence-corrected chi connectivity index (χ4v) is 1.61. The highest BCUT2D eigenvalue weighted by Gasteiger charge is 2.32. The van der Waals surface area contributed by atoms with Crippen LogP contribution in [0.2, 0.25) is 5.02 Å². The number of amides is 1. The molecule has 0 fully saturated rings. The first kappa shape index (κ1) is 16.6. The molecule has 0 heterocycles. The molecule has 0 unspecified atom stereocenters. The van der Waals surface area contributed by atoms with Gasteiger partial charge in [-0.1, -0.05) is 23.7 Å². The number of nitrogens with zero attached hydrogens (tertiary/aromatic N) is 1. The molecule has 20 heavy (non-hydrogen) atoms. The molecule has 0 aromatic heterocycles. The molecule has 1 rings (SSSR count). The Morgan fingerprint density at radius 2 is 2.00 bits per heavy atom. The zero-order valence-electron chi connectivity index (χ0n) is 10.4. The van der Waals surface area contributed by atoms with Gasteiger partial charge in [0.1, 0.15) is 12.3 Å². The van der Waals surface area contributed by atoms with Gasteiger partial charge in [0.15, 0.2) is 6.61 Å². The molecule has 0 aliphatic heterocycles. The Morgan fingerprint density at radius 3 is 2.55 bits per heavy atom. The number of benzene rings is 1. The van der Waals surface area contributed by atoms with E-state index >= 15 is 0 Å². The molecule has 0 bridgehead atoms. The van der Waals surface area contributed by atoms with Crippen LogP contribution >= 0.6 is 11.6 Å². The molecule has 1 N–H and O–H groups in total. The summed E-state index contributed by atoms with van der Waals surface area (Å²) in [4.78, 5) is 12.1. The standard InChI is InChI=1S/C12H13ClF3NO3/c13-9-3-1-2-4-10(9)20-7-11(19)17(5-6-18)8-12(14,15)16/h1-4,18H,5-8H2. The number of hydrogen-bond acceptors (Lipinski definition) is 3. The highest BCUT2D eigenvalue weighted by atomic mass is 35.5. The van der Waals surface area contributed by atoms with Crippen LogP contribution in [-0.2, 0) is 4.79 Å². The Bertz CT molecular complexity index is 454. The summed E-state index contributed by atoms with van der Waals surface area (Å²) >= 11 is 5.78. The van der Waals surface area contributed by atoms with Gasteiger partial charge in [-0.05, 0) is 12.1 Å². The van der Waals surface area contributed by atoms with Gasteiger partial charge in [-0.25, -0.2) is 0 Å². The summed E-state index contributed by atoms with van der Waals surface area (Å²) in [6, 6.07) is 6.30. The Labute approximate surface area is 118 Å². The zero-order valence-corrected chi connectivity index (χ0v) is 11.1. The van der Waals surface area contributed by atoms with E-state index in [2.05, 4.69) is 0 Å². The van der Waals surface area contributed by atoms with Crippen molar-refractivity contribution in [3.63, 3.8) is 0 Å². The summed E-state index contributed by atoms with van der Waals surface area (Å²) in [5, 5.41) is 8.94. The largest absolute Gasteiger partial charge is 0.482 e. The van der Waals surface area contributed by atoms with Crippen molar-refractivity contribution in [2.45, 2.75) is 6.18 Å². The van der Waals surface area contributed by atoms with Gasteiger partial charge in [-0.3, -0.25) is 4.79 Å². The predicted molar refractivity (Wildman–Crippen MR) is 66.7 cm³/mol. The van der Waals surface area contributed by atoms with Crippen LogP contribution in [0.15, 0.2) is 24.3 Å². The van der Waals surface area contributed by atoms with Gasteiger partial charge < -0.3 is 14.7 Å². The number of halogens is 4. The minimum Gasteiger partial charge on any atom is -0.482 e. The first-order valence-corrected chi connectivity index (χ1v) is 6.04. The van der Waals surface area contributed by atoms with E-state index < -0.39 is 38.4 Å². The normalized spacial score (nSPS) is 11.2. The van der Waals surface area contributed by atoms with Gasteiger partial charge in [0.25, 0.3) is 5.91 Å². The third kappa shape index (κ3) is 5.66. The molecule has 4 nitrogen and oxygen atoms in total. The molecule has 0 aliphatic rings. The monoisotopic (exact) mass is 311 g/mol. The molecule has 0 atom stereocenters. The molecule has 1 amide bonds. The van der Waals surface area contributed by atoms with Crippen molar-refractivity contribution >= 4 is 17.5 Å². The van der Waals surface area contributed by atoms with Crippen LogP contribution in [0.5, 0.6) is 5.75 Å². The maximum absolute atomic E-state index is 12.3. The average Bonchev–Trinajstić information content (AvgIpc) is 2.35. The van der Waals surface area contributed by atoms with Crippen LogP contribution in [0, 0.1) is 0 Å². The van der Waals surface area contributed by atoms with E-state index in [1.165, 1.54) is 12.1 Å². The summed E-state index contributed by atoms with van der Waals surface area (Å²) in [6.45, 7) is -2.99. The number of carbonyl (C=O) groups excluding carboxylic acids is 1. The van der Waals surface area contributed by atoms with Crippen molar-refractivity contribution in [3.8, 4) is 5.75 Å². The molecule has 0 aliphatic carbocycles. The smallest absolute Gasteiger partial charge is 0.406 e. The maximum Gasteiger partial charge on any atom is 0.406 e. The summed E-state index contributed by atoms with van der Waals surface area (Å²) in [5.74, 6) is -0.672. The van der Waals surface area contributed by atoms with Gasteiger partial charge in [0, 0.05) is 6.54 Å². The lowest BCUT2D eigenvalue weighted by Crippen LogP contribution is -2.42. The highest BCUT2D eigenvalue weighted by molar-refractivity contribution is 6.32. The van der Waals surface area contributed by atoms with Gasteiger partial charge in [-0.15, -0.1) is 0 Å². The molecule has 1 aromatic rings. The number of aliphatic hydroxyl groups is 1. The Hall–Kier alpha value is -1.47. The number of alkyl halides is 3. The van der Waals surface area contributed by atoms with Crippen molar-refractivity contribution in [3.05, 3.63) is 29.3 Å². The molecular weight excluding hydrogens is 299 g/mol. The van der Waals surface area contributed by atoms with Crippen molar-refractivity contribution in [1.29, 1.82) is 0 Å². The van der Waals surface area contributed by atoms with Crippen LogP contribution in [0.4, 0.5) is 13.2 Å². The zero-order chi connectivity index (χ0) is 15.2. The second-order valence-electron chi connectivity index (χ2n) is 3.87. The topological polar surface area (TPSA) is 49.8 Å². The molecule has 112 valence electrons. The van der Waals surface area contributed by atoms with Crippen LogP contribution in [0.25, 0.3) is 0 Å². The number of ether oxygens (including phenoxy) is 1. The lowest BCUT2D eigenvalue weighted by atomic mass is 10.3. The first-order chi connectivity index (χ1) is 9.33. The summed E-state index contributed by atoms with van der Waals surface area (Å²) in [7, 11) is 0. The predicted octanol–water partition coefficient (Wildman–Crippen LogP) is 2.10. The quantitative estimate of drug-likeness (QED) is 0.875. The third-order valence-corrected chi connectivity index (χ3v) is 2.59. The number of hydrogen-bond donors (Lipinski definition) is 1. The van der Waals surface area contributed by atoms with Gasteiger partial charge >= 0.3 is 6.18 Å². The minimum atomic E-state index is -4.53. The highest BCUT2D eigenvalue weighted by Crippen LogP contribution is 2.23. The number of para-hydroxylation sites is 1. The second-order valence-corrected chi connectivity index (χ2v) is 4.28. The van der Waals surface area contributed by atoms with Gasteiger partial charge in [0.2, 0.25) is 0 Å². The Balaban J connectivity index is 2.60. The molecule has 0 saturated heterocycles. The van der Waals surface area contributed by atoms with E-state index in [-0.39, 0.29) is 10.8 Å². The van der Waals surface area contributed by atoms with Crippen molar-refractivity contribution in [2.75, 3.05) is 26.3 Å². The van der Waals surface area contributed by atoms with Crippen molar-refractivity contribution in [2.24, 2.45) is 0 Å². The first-order valence-electron chi connectivity index (χ1n) is 5.66. The molecule has 0 saturated carbocycles. The number of aliphatic hydroxyl groups excluding tert-OH is 1. The number of rotatable bonds is 6. The number of carbonyl (C=O) groups is 1. The summed E-state index contributed by atoms with van der Waals surface area (Å²) in [6.07, 6.45) is -4.53. The fraction of sp³-hybridized carbons (Fsp3) is 0.417. The molecule has 8 heteroatoms. The summed E-state index contributed by atoms with van der Waals surface area (Å²) < 4.78 is 41.9. The van der Waals surface area contributed by atoms with Gasteiger partial charge in [-0.2, -0.15) is 13.2 Å². The van der Waals surface area contributed by atoms with Crippen molar-refractivity contribution < 1.29 is 27.8 Å². The second kappa shape index (κ2) is 7.35. The molecule has 0 spiro atoms. The SMILES string of the molecule is O=C(COc1ccccc1Cl)N(CCO)CC(F)(F)F. The van der Waals surface area contributed by atoms with E-state index in [9.17, 15) is 18.0 Å². The van der Waals surface area contributed by atoms with Crippen LogP contribution in [-0.4, -0.2) is 48.4 Å². The summed E-state index contributed by atoms with van der Waals surface area (Å²) in [5.41, 5.74) is 0.